The number of benzene rings is 1. The molecule has 0 bridgehead atoms. The van der Waals surface area contributed by atoms with Crippen LogP contribution < -0.4 is 10.6 Å². The Bertz CT molecular complexity index is 1150. The molecule has 3 aromatic rings. The van der Waals surface area contributed by atoms with Gasteiger partial charge >= 0.3 is 0 Å². The van der Waals surface area contributed by atoms with Crippen LogP contribution in [0.2, 0.25) is 0 Å². The number of carbonyl (C=O) groups excluding carboxylic acids is 1. The van der Waals surface area contributed by atoms with Crippen molar-refractivity contribution in [1.82, 2.24) is 25.1 Å². The Labute approximate surface area is 220 Å². The highest BCUT2D eigenvalue weighted by atomic mass is 32.1. The number of nitrogens with zero attached hydrogens (tertiary/aromatic N) is 4. The van der Waals surface area contributed by atoms with Crippen molar-refractivity contribution in [2.45, 2.75) is 45.8 Å². The zero-order valence-corrected chi connectivity index (χ0v) is 22.3. The van der Waals surface area contributed by atoms with Gasteiger partial charge in [0.05, 0.1) is 24.2 Å². The second-order valence-corrected chi connectivity index (χ2v) is 10.1. The van der Waals surface area contributed by atoms with E-state index in [9.17, 15) is 14.9 Å². The van der Waals surface area contributed by atoms with Gasteiger partial charge in [0, 0.05) is 55.1 Å². The minimum absolute atomic E-state index is 0.0472. The van der Waals surface area contributed by atoms with Gasteiger partial charge in [0.15, 0.2) is 5.11 Å². The molecule has 0 saturated carbocycles. The molecule has 2 heterocycles. The summed E-state index contributed by atoms with van der Waals surface area (Å²) in [6, 6.07) is 10.4. The summed E-state index contributed by atoms with van der Waals surface area (Å²) in [7, 11) is 1.81. The number of non-ortho nitro benzene ring substituents is 1. The van der Waals surface area contributed by atoms with E-state index in [-0.39, 0.29) is 30.0 Å². The Morgan fingerprint density at radius 2 is 2.06 bits per heavy atom. The van der Waals surface area contributed by atoms with Crippen molar-refractivity contribution < 1.29 is 9.72 Å². The Morgan fingerprint density at radius 3 is 2.67 bits per heavy atom. The molecule has 2 unspecified atom stereocenters. The number of thiophene rings is 1. The van der Waals surface area contributed by atoms with Crippen molar-refractivity contribution in [3.63, 3.8) is 0 Å². The number of aromatic nitrogens is 2. The number of carbonyl (C=O) groups is 1. The molecule has 0 spiro atoms. The van der Waals surface area contributed by atoms with Crippen molar-refractivity contribution in [2.24, 2.45) is 5.92 Å². The van der Waals surface area contributed by atoms with Crippen LogP contribution in [0.5, 0.6) is 0 Å². The van der Waals surface area contributed by atoms with Gasteiger partial charge in [0.2, 0.25) is 5.91 Å². The van der Waals surface area contributed by atoms with Crippen molar-refractivity contribution in [1.29, 1.82) is 0 Å². The average Bonchev–Trinajstić information content (AvgIpc) is 3.54. The third-order valence-corrected chi connectivity index (χ3v) is 7.49. The fraction of sp³-hybridized carbons (Fsp3) is 0.400. The first-order chi connectivity index (χ1) is 17.3. The summed E-state index contributed by atoms with van der Waals surface area (Å²) in [5.41, 5.74) is 1.71. The van der Waals surface area contributed by atoms with Crippen LogP contribution in [0, 0.1) is 16.0 Å². The highest BCUT2D eigenvalue weighted by Gasteiger charge is 2.23. The Kier molecular flexibility index (Phi) is 9.95. The molecule has 2 aromatic heterocycles. The highest BCUT2D eigenvalue weighted by molar-refractivity contribution is 7.80. The van der Waals surface area contributed by atoms with Crippen LogP contribution in [0.15, 0.2) is 54.3 Å². The SMILES string of the molecule is CCC(C)C(CN(Cc1cccs1)C(=S)NC)NC(=O)Cc1cncn1Cc1ccc([N+](=O)[O-])cc1. The third kappa shape index (κ3) is 7.59. The number of nitrogens with one attached hydrogen (secondary N) is 2. The standard InChI is InChI=1S/C25H32N6O3S2/c1-4-18(2)23(16-29(25(35)26-3)15-22-6-5-11-36-22)28-24(32)12-21-13-27-17-30(21)14-19-7-9-20(10-8-19)31(33)34/h5-11,13,17-18,23H,4,12,14-16H2,1-3H3,(H,26,35)(H,28,32). The first kappa shape index (κ1) is 27.3. The molecule has 0 aliphatic rings. The van der Waals surface area contributed by atoms with E-state index in [1.54, 1.807) is 36.0 Å². The van der Waals surface area contributed by atoms with E-state index >= 15 is 0 Å². The summed E-state index contributed by atoms with van der Waals surface area (Å²) < 4.78 is 1.89. The topological polar surface area (TPSA) is 105 Å². The van der Waals surface area contributed by atoms with E-state index in [1.807, 2.05) is 23.1 Å². The maximum absolute atomic E-state index is 13.1. The Balaban J connectivity index is 1.67. The van der Waals surface area contributed by atoms with Gasteiger partial charge in [-0.25, -0.2) is 4.98 Å². The van der Waals surface area contributed by atoms with Gasteiger partial charge in [0.1, 0.15) is 0 Å². The summed E-state index contributed by atoms with van der Waals surface area (Å²) in [6.45, 7) is 6.00. The molecule has 1 amide bonds. The first-order valence-electron chi connectivity index (χ1n) is 11.8. The number of nitro benzene ring substituents is 1. The zero-order chi connectivity index (χ0) is 26.1. The molecule has 0 fully saturated rings. The number of imidazole rings is 1. The quantitative estimate of drug-likeness (QED) is 0.208. The largest absolute Gasteiger partial charge is 0.366 e. The van der Waals surface area contributed by atoms with Crippen LogP contribution in [-0.2, 0) is 24.3 Å². The monoisotopic (exact) mass is 528 g/mol. The first-order valence-corrected chi connectivity index (χ1v) is 13.1. The molecular formula is C25H32N6O3S2. The molecule has 0 aliphatic heterocycles. The molecule has 0 aliphatic carbocycles. The van der Waals surface area contributed by atoms with Crippen LogP contribution in [0.3, 0.4) is 0 Å². The molecule has 2 N–H and O–H groups in total. The van der Waals surface area contributed by atoms with Gasteiger partial charge in [-0.3, -0.25) is 14.9 Å². The maximum atomic E-state index is 13.1. The molecule has 11 heteroatoms. The number of hydrogen-bond donors (Lipinski definition) is 2. The van der Waals surface area contributed by atoms with Crippen LogP contribution >= 0.6 is 23.6 Å². The minimum atomic E-state index is -0.421. The van der Waals surface area contributed by atoms with Crippen molar-refractivity contribution in [3.05, 3.63) is 80.6 Å². The maximum Gasteiger partial charge on any atom is 0.269 e. The summed E-state index contributed by atoms with van der Waals surface area (Å²) in [5.74, 6) is 0.168. The van der Waals surface area contributed by atoms with Crippen LogP contribution in [0.1, 0.15) is 36.4 Å². The van der Waals surface area contributed by atoms with E-state index < -0.39 is 4.92 Å². The fourth-order valence-corrected chi connectivity index (χ4v) is 4.70. The van der Waals surface area contributed by atoms with E-state index in [0.29, 0.717) is 24.7 Å². The summed E-state index contributed by atoms with van der Waals surface area (Å²) >= 11 is 7.24. The lowest BCUT2D eigenvalue weighted by Crippen LogP contribution is -2.50. The van der Waals surface area contributed by atoms with Gasteiger partial charge in [-0.15, -0.1) is 11.3 Å². The molecule has 0 radical (unpaired) electrons. The number of hydrogen-bond acceptors (Lipinski definition) is 6. The van der Waals surface area contributed by atoms with Crippen molar-refractivity contribution >= 4 is 40.3 Å². The Hall–Kier alpha value is -3.31. The van der Waals surface area contributed by atoms with E-state index in [1.165, 1.54) is 17.0 Å². The van der Waals surface area contributed by atoms with Crippen LogP contribution in [0.25, 0.3) is 0 Å². The van der Waals surface area contributed by atoms with Crippen molar-refractivity contribution in [3.8, 4) is 0 Å². The smallest absolute Gasteiger partial charge is 0.269 e. The normalized spacial score (nSPS) is 12.5. The highest BCUT2D eigenvalue weighted by Crippen LogP contribution is 2.17. The molecule has 0 saturated heterocycles. The summed E-state index contributed by atoms with van der Waals surface area (Å²) in [6.07, 6.45) is 4.45. The molecule has 3 rings (SSSR count). The minimum Gasteiger partial charge on any atom is -0.366 e. The van der Waals surface area contributed by atoms with Gasteiger partial charge in [0.25, 0.3) is 5.69 Å². The lowest BCUT2D eigenvalue weighted by Gasteiger charge is -2.32. The van der Waals surface area contributed by atoms with Crippen molar-refractivity contribution in [2.75, 3.05) is 13.6 Å². The van der Waals surface area contributed by atoms with E-state index in [0.717, 1.165) is 17.7 Å². The van der Waals surface area contributed by atoms with Gasteiger partial charge < -0.3 is 20.1 Å². The molecule has 36 heavy (non-hydrogen) atoms. The number of thiocarbonyl (C=S) groups is 1. The van der Waals surface area contributed by atoms with E-state index in [4.69, 9.17) is 12.2 Å². The molecule has 1 aromatic carbocycles. The fourth-order valence-electron chi connectivity index (χ4n) is 3.84. The second kappa shape index (κ2) is 13.1. The van der Waals surface area contributed by atoms with Crippen LogP contribution in [0.4, 0.5) is 5.69 Å². The van der Waals surface area contributed by atoms with Crippen LogP contribution in [-0.4, -0.2) is 50.0 Å². The third-order valence-electron chi connectivity index (χ3n) is 6.16. The molecule has 192 valence electrons. The molecule has 9 nitrogen and oxygen atoms in total. The number of nitro groups is 1. The predicted molar refractivity (Wildman–Crippen MR) is 146 cm³/mol. The molecule has 2 atom stereocenters. The number of rotatable bonds is 12. The van der Waals surface area contributed by atoms with E-state index in [2.05, 4.69) is 40.4 Å². The zero-order valence-electron chi connectivity index (χ0n) is 20.7. The lowest BCUT2D eigenvalue weighted by atomic mass is 9.98. The van der Waals surface area contributed by atoms with Gasteiger partial charge in [-0.1, -0.05) is 38.5 Å². The predicted octanol–water partition coefficient (Wildman–Crippen LogP) is 3.98. The Morgan fingerprint density at radius 1 is 1.31 bits per heavy atom. The average molecular weight is 529 g/mol. The second-order valence-electron chi connectivity index (χ2n) is 8.69. The van der Waals surface area contributed by atoms with Gasteiger partial charge in [-0.2, -0.15) is 0 Å². The summed E-state index contributed by atoms with van der Waals surface area (Å²) in [4.78, 5) is 31.1. The number of amides is 1. The van der Waals surface area contributed by atoms with Gasteiger partial charge in [-0.05, 0) is 35.1 Å². The summed E-state index contributed by atoms with van der Waals surface area (Å²) in [5, 5.41) is 19.9. The lowest BCUT2D eigenvalue weighted by molar-refractivity contribution is -0.384. The molecular weight excluding hydrogens is 496 g/mol.